The average molecular weight is 274 g/mol. The van der Waals surface area contributed by atoms with Crippen molar-refractivity contribution in [3.63, 3.8) is 0 Å². The van der Waals surface area contributed by atoms with E-state index in [0.29, 0.717) is 10.2 Å². The lowest BCUT2D eigenvalue weighted by Crippen LogP contribution is -1.98. The minimum absolute atomic E-state index is 0.270. The van der Waals surface area contributed by atoms with Gasteiger partial charge in [0.1, 0.15) is 16.0 Å². The highest BCUT2D eigenvalue weighted by Crippen LogP contribution is 2.23. The van der Waals surface area contributed by atoms with E-state index >= 15 is 0 Å². The fourth-order valence-corrected chi connectivity index (χ4v) is 2.36. The van der Waals surface area contributed by atoms with Crippen molar-refractivity contribution in [2.75, 3.05) is 0 Å². The molecular formula is C13H11FN4S. The molecule has 0 unspecified atom stereocenters. The summed E-state index contributed by atoms with van der Waals surface area (Å²) >= 11 is 5.20. The van der Waals surface area contributed by atoms with E-state index in [9.17, 15) is 4.39 Å². The molecular weight excluding hydrogens is 263 g/mol. The molecule has 0 aliphatic heterocycles. The number of H-pyrrole nitrogens is 1. The van der Waals surface area contributed by atoms with Crippen molar-refractivity contribution in [1.29, 1.82) is 0 Å². The molecule has 0 spiro atoms. The van der Waals surface area contributed by atoms with E-state index in [-0.39, 0.29) is 5.82 Å². The lowest BCUT2D eigenvalue weighted by Gasteiger charge is -2.03. The van der Waals surface area contributed by atoms with Gasteiger partial charge in [-0.25, -0.2) is 9.07 Å². The minimum Gasteiger partial charge on any atom is -0.266 e. The summed E-state index contributed by atoms with van der Waals surface area (Å²) in [5.41, 5.74) is 3.29. The monoisotopic (exact) mass is 274 g/mol. The van der Waals surface area contributed by atoms with Crippen LogP contribution in [-0.2, 0) is 0 Å². The van der Waals surface area contributed by atoms with Gasteiger partial charge in [-0.3, -0.25) is 5.10 Å². The van der Waals surface area contributed by atoms with Crippen LogP contribution >= 0.6 is 12.2 Å². The Morgan fingerprint density at radius 2 is 1.89 bits per heavy atom. The zero-order chi connectivity index (χ0) is 13.6. The molecule has 6 heteroatoms. The van der Waals surface area contributed by atoms with Gasteiger partial charge in [0.05, 0.1) is 17.1 Å². The van der Waals surface area contributed by atoms with Crippen LogP contribution in [0.25, 0.3) is 16.6 Å². The second kappa shape index (κ2) is 4.24. The van der Waals surface area contributed by atoms with E-state index in [2.05, 4.69) is 15.3 Å². The zero-order valence-electron chi connectivity index (χ0n) is 10.4. The van der Waals surface area contributed by atoms with Gasteiger partial charge in [-0.2, -0.15) is 10.2 Å². The number of hydrogen-bond donors (Lipinski definition) is 1. The highest BCUT2D eigenvalue weighted by Gasteiger charge is 2.13. The van der Waals surface area contributed by atoms with Gasteiger partial charge in [0.2, 0.25) is 0 Å². The fourth-order valence-electron chi connectivity index (χ4n) is 2.17. The summed E-state index contributed by atoms with van der Waals surface area (Å²) in [6, 6.07) is 6.19. The summed E-state index contributed by atoms with van der Waals surface area (Å²) in [6.45, 7) is 3.85. The average Bonchev–Trinajstić information content (AvgIpc) is 2.74. The SMILES string of the molecule is Cc1n[nH]c(=S)c2nn(-c3ccc(F)cc3)c(C)c12. The molecule has 0 amide bonds. The van der Waals surface area contributed by atoms with E-state index in [1.54, 1.807) is 16.8 Å². The Hall–Kier alpha value is -2.08. The molecule has 1 aromatic carbocycles. The van der Waals surface area contributed by atoms with E-state index in [1.165, 1.54) is 12.1 Å². The summed E-state index contributed by atoms with van der Waals surface area (Å²) in [6.07, 6.45) is 0. The summed E-state index contributed by atoms with van der Waals surface area (Å²) in [5, 5.41) is 12.3. The summed E-state index contributed by atoms with van der Waals surface area (Å²) in [4.78, 5) is 0. The van der Waals surface area contributed by atoms with Crippen LogP contribution in [0.1, 0.15) is 11.4 Å². The van der Waals surface area contributed by atoms with Crippen LogP contribution in [0.2, 0.25) is 0 Å². The Kier molecular flexibility index (Phi) is 2.67. The molecule has 3 rings (SSSR count). The highest BCUT2D eigenvalue weighted by atomic mass is 32.1. The smallest absolute Gasteiger partial charge is 0.148 e. The second-order valence-electron chi connectivity index (χ2n) is 4.34. The number of aromatic nitrogens is 4. The molecule has 19 heavy (non-hydrogen) atoms. The molecule has 0 aliphatic carbocycles. The zero-order valence-corrected chi connectivity index (χ0v) is 11.3. The number of fused-ring (bicyclic) bond motifs is 1. The number of nitrogens with one attached hydrogen (secondary N) is 1. The standard InChI is InChI=1S/C13H11FN4S/c1-7-11-8(2)18(10-5-3-9(14)4-6-10)17-12(11)13(19)16-15-7/h3-6H,1-2H3,(H,16,19). The molecule has 3 aromatic rings. The van der Waals surface area contributed by atoms with Crippen LogP contribution in [0.4, 0.5) is 4.39 Å². The van der Waals surface area contributed by atoms with Gasteiger partial charge >= 0.3 is 0 Å². The van der Waals surface area contributed by atoms with Crippen LogP contribution in [0, 0.1) is 24.3 Å². The number of benzene rings is 1. The maximum atomic E-state index is 13.0. The summed E-state index contributed by atoms with van der Waals surface area (Å²) in [7, 11) is 0. The largest absolute Gasteiger partial charge is 0.266 e. The molecule has 0 fully saturated rings. The Morgan fingerprint density at radius 1 is 1.21 bits per heavy atom. The molecule has 0 bridgehead atoms. The van der Waals surface area contributed by atoms with Gasteiger partial charge in [-0.15, -0.1) is 0 Å². The Balaban J connectivity index is 2.34. The summed E-state index contributed by atoms with van der Waals surface area (Å²) in [5.74, 6) is -0.270. The fraction of sp³-hybridized carbons (Fsp3) is 0.154. The molecule has 0 saturated heterocycles. The lowest BCUT2D eigenvalue weighted by atomic mass is 10.2. The molecule has 2 heterocycles. The van der Waals surface area contributed by atoms with Gasteiger partial charge in [0, 0.05) is 5.39 Å². The maximum absolute atomic E-state index is 13.0. The number of hydrogen-bond acceptors (Lipinski definition) is 3. The van der Waals surface area contributed by atoms with Crippen LogP contribution in [0.15, 0.2) is 24.3 Å². The van der Waals surface area contributed by atoms with Crippen molar-refractivity contribution in [3.05, 3.63) is 46.1 Å². The van der Waals surface area contributed by atoms with E-state index in [1.807, 2.05) is 13.8 Å². The van der Waals surface area contributed by atoms with E-state index < -0.39 is 0 Å². The van der Waals surface area contributed by atoms with Crippen molar-refractivity contribution >= 4 is 23.1 Å². The third-order valence-electron chi connectivity index (χ3n) is 3.09. The van der Waals surface area contributed by atoms with Crippen LogP contribution in [0.5, 0.6) is 0 Å². The normalized spacial score (nSPS) is 11.1. The first-order valence-corrected chi connectivity index (χ1v) is 6.19. The van der Waals surface area contributed by atoms with Gasteiger partial charge in [0.15, 0.2) is 0 Å². The molecule has 0 radical (unpaired) electrons. The third-order valence-corrected chi connectivity index (χ3v) is 3.37. The topological polar surface area (TPSA) is 46.5 Å². The van der Waals surface area contributed by atoms with Crippen molar-refractivity contribution < 1.29 is 4.39 Å². The Bertz CT molecular complexity index is 817. The number of aryl methyl sites for hydroxylation is 2. The predicted molar refractivity (Wildman–Crippen MR) is 73.5 cm³/mol. The Morgan fingerprint density at radius 3 is 2.53 bits per heavy atom. The lowest BCUT2D eigenvalue weighted by molar-refractivity contribution is 0.627. The minimum atomic E-state index is -0.270. The van der Waals surface area contributed by atoms with Gasteiger partial charge < -0.3 is 0 Å². The molecule has 0 saturated carbocycles. The van der Waals surface area contributed by atoms with Crippen molar-refractivity contribution in [3.8, 4) is 5.69 Å². The third kappa shape index (κ3) is 1.84. The first kappa shape index (κ1) is 12.0. The number of nitrogens with zero attached hydrogens (tertiary/aromatic N) is 3. The molecule has 0 aliphatic rings. The van der Waals surface area contributed by atoms with Crippen LogP contribution in [-0.4, -0.2) is 20.0 Å². The van der Waals surface area contributed by atoms with Crippen LogP contribution in [0.3, 0.4) is 0 Å². The first-order chi connectivity index (χ1) is 9.08. The van der Waals surface area contributed by atoms with E-state index in [4.69, 9.17) is 12.2 Å². The molecule has 0 atom stereocenters. The van der Waals surface area contributed by atoms with Crippen molar-refractivity contribution in [2.45, 2.75) is 13.8 Å². The highest BCUT2D eigenvalue weighted by molar-refractivity contribution is 7.71. The number of halogens is 1. The van der Waals surface area contributed by atoms with Crippen molar-refractivity contribution in [1.82, 2.24) is 20.0 Å². The quantitative estimate of drug-likeness (QED) is 0.693. The van der Waals surface area contributed by atoms with Gasteiger partial charge in [0.25, 0.3) is 0 Å². The summed E-state index contributed by atoms with van der Waals surface area (Å²) < 4.78 is 15.2. The molecule has 4 nitrogen and oxygen atoms in total. The molecule has 96 valence electrons. The second-order valence-corrected chi connectivity index (χ2v) is 4.74. The van der Waals surface area contributed by atoms with E-state index in [0.717, 1.165) is 22.5 Å². The number of rotatable bonds is 1. The Labute approximate surface area is 113 Å². The molecule has 1 N–H and O–H groups in total. The molecule has 2 aromatic heterocycles. The van der Waals surface area contributed by atoms with Gasteiger partial charge in [-0.1, -0.05) is 12.2 Å². The van der Waals surface area contributed by atoms with Crippen molar-refractivity contribution in [2.24, 2.45) is 0 Å². The maximum Gasteiger partial charge on any atom is 0.148 e. The van der Waals surface area contributed by atoms with Crippen LogP contribution < -0.4 is 0 Å². The first-order valence-electron chi connectivity index (χ1n) is 5.78. The number of aromatic amines is 1. The predicted octanol–water partition coefficient (Wildman–Crippen LogP) is 3.23. The van der Waals surface area contributed by atoms with Gasteiger partial charge in [-0.05, 0) is 38.1 Å².